The lowest BCUT2D eigenvalue weighted by atomic mass is 10.0. The monoisotopic (exact) mass is 983 g/mol. The van der Waals surface area contributed by atoms with E-state index in [9.17, 15) is 14.4 Å². The molecule has 6 heteroatoms. The van der Waals surface area contributed by atoms with Gasteiger partial charge in [0.15, 0.2) is 6.10 Å². The average molecular weight is 984 g/mol. The van der Waals surface area contributed by atoms with Crippen molar-refractivity contribution in [2.75, 3.05) is 13.2 Å². The van der Waals surface area contributed by atoms with Crippen LogP contribution < -0.4 is 0 Å². The van der Waals surface area contributed by atoms with Crippen molar-refractivity contribution < 1.29 is 28.6 Å². The summed E-state index contributed by atoms with van der Waals surface area (Å²) in [4.78, 5) is 37.9. The van der Waals surface area contributed by atoms with Crippen LogP contribution in [0, 0.1) is 0 Å². The van der Waals surface area contributed by atoms with Crippen molar-refractivity contribution >= 4 is 17.9 Å². The first-order valence-electron chi connectivity index (χ1n) is 31.0. The first-order chi connectivity index (χ1) is 34.5. The third-order valence-electron chi connectivity index (χ3n) is 13.9. The lowest BCUT2D eigenvalue weighted by molar-refractivity contribution is -0.167. The summed E-state index contributed by atoms with van der Waals surface area (Å²) in [7, 11) is 0. The molecule has 0 aliphatic carbocycles. The molecule has 0 aliphatic heterocycles. The fourth-order valence-corrected chi connectivity index (χ4v) is 9.28. The van der Waals surface area contributed by atoms with Crippen molar-refractivity contribution in [2.45, 2.75) is 341 Å². The normalized spacial score (nSPS) is 12.2. The van der Waals surface area contributed by atoms with Crippen LogP contribution >= 0.6 is 0 Å². The van der Waals surface area contributed by atoms with Gasteiger partial charge in [-0.2, -0.15) is 0 Å². The maximum atomic E-state index is 12.8. The van der Waals surface area contributed by atoms with Crippen LogP contribution in [0.15, 0.2) is 36.5 Å². The van der Waals surface area contributed by atoms with E-state index in [-0.39, 0.29) is 31.1 Å². The minimum Gasteiger partial charge on any atom is -0.462 e. The van der Waals surface area contributed by atoms with E-state index in [0.717, 1.165) is 96.3 Å². The maximum absolute atomic E-state index is 12.8. The van der Waals surface area contributed by atoms with Crippen LogP contribution in [0.25, 0.3) is 0 Å². The highest BCUT2D eigenvalue weighted by Crippen LogP contribution is 2.18. The number of hydrogen-bond acceptors (Lipinski definition) is 6. The van der Waals surface area contributed by atoms with Crippen LogP contribution in [0.5, 0.6) is 0 Å². The zero-order valence-electron chi connectivity index (χ0n) is 47.1. The lowest BCUT2D eigenvalue weighted by Crippen LogP contribution is -2.30. The zero-order valence-corrected chi connectivity index (χ0v) is 47.1. The molecule has 0 amide bonds. The summed E-state index contributed by atoms with van der Waals surface area (Å²) in [5, 5.41) is 0. The Bertz CT molecular complexity index is 1170. The molecule has 0 aromatic rings. The van der Waals surface area contributed by atoms with Crippen molar-refractivity contribution in [1.82, 2.24) is 0 Å². The molecule has 0 spiro atoms. The van der Waals surface area contributed by atoms with Crippen LogP contribution in [0.1, 0.15) is 335 Å². The summed E-state index contributed by atoms with van der Waals surface area (Å²) >= 11 is 0. The van der Waals surface area contributed by atoms with Crippen molar-refractivity contribution in [3.8, 4) is 0 Å². The minimum absolute atomic E-state index is 0.0757. The van der Waals surface area contributed by atoms with Gasteiger partial charge >= 0.3 is 17.9 Å². The van der Waals surface area contributed by atoms with Gasteiger partial charge < -0.3 is 14.2 Å². The van der Waals surface area contributed by atoms with Crippen molar-refractivity contribution in [1.29, 1.82) is 0 Å². The number of esters is 3. The Morgan fingerprint density at radius 2 is 0.557 bits per heavy atom. The molecule has 0 N–H and O–H groups in total. The fourth-order valence-electron chi connectivity index (χ4n) is 9.28. The smallest absolute Gasteiger partial charge is 0.306 e. The van der Waals surface area contributed by atoms with Gasteiger partial charge in [-0.25, -0.2) is 0 Å². The molecule has 410 valence electrons. The van der Waals surface area contributed by atoms with Crippen LogP contribution in [0.2, 0.25) is 0 Å². The Hall–Kier alpha value is -2.37. The summed E-state index contributed by atoms with van der Waals surface area (Å²) in [6.45, 7) is 6.50. The molecule has 1 unspecified atom stereocenters. The van der Waals surface area contributed by atoms with Crippen LogP contribution in [0.3, 0.4) is 0 Å². The van der Waals surface area contributed by atoms with E-state index in [4.69, 9.17) is 14.2 Å². The molecule has 0 fully saturated rings. The van der Waals surface area contributed by atoms with Gasteiger partial charge in [0.05, 0.1) is 0 Å². The number of unbranched alkanes of at least 4 members (excludes halogenated alkanes) is 40. The average Bonchev–Trinajstić information content (AvgIpc) is 3.36. The molecule has 0 rings (SSSR count). The Morgan fingerprint density at radius 1 is 0.300 bits per heavy atom. The van der Waals surface area contributed by atoms with Crippen molar-refractivity contribution in [3.63, 3.8) is 0 Å². The summed E-state index contributed by atoms with van der Waals surface area (Å²) in [6, 6.07) is 0. The highest BCUT2D eigenvalue weighted by molar-refractivity contribution is 5.71. The van der Waals surface area contributed by atoms with Gasteiger partial charge in [0, 0.05) is 19.3 Å². The van der Waals surface area contributed by atoms with Gasteiger partial charge in [0.25, 0.3) is 0 Å². The molecular weight excluding hydrogens is 865 g/mol. The minimum atomic E-state index is -0.775. The molecule has 1 atom stereocenters. The maximum Gasteiger partial charge on any atom is 0.306 e. The summed E-state index contributed by atoms with van der Waals surface area (Å²) in [6.07, 6.45) is 72.1. The molecule has 0 aromatic carbocycles. The number of hydrogen-bond donors (Lipinski definition) is 0. The molecule has 0 aliphatic rings. The molecular formula is C64H118O6. The third-order valence-corrected chi connectivity index (χ3v) is 13.9. The zero-order chi connectivity index (χ0) is 50.7. The van der Waals surface area contributed by atoms with E-state index in [1.165, 1.54) is 199 Å². The second-order valence-electron chi connectivity index (χ2n) is 21.0. The molecule has 70 heavy (non-hydrogen) atoms. The second kappa shape index (κ2) is 59.2. The first kappa shape index (κ1) is 67.6. The largest absolute Gasteiger partial charge is 0.462 e. The number of rotatable bonds is 57. The molecule has 0 radical (unpaired) electrons. The van der Waals surface area contributed by atoms with Crippen molar-refractivity contribution in [2.24, 2.45) is 0 Å². The topological polar surface area (TPSA) is 78.9 Å². The van der Waals surface area contributed by atoms with E-state index in [2.05, 4.69) is 57.2 Å². The Balaban J connectivity index is 3.94. The van der Waals surface area contributed by atoms with E-state index in [1.807, 2.05) is 0 Å². The van der Waals surface area contributed by atoms with Gasteiger partial charge in [-0.15, -0.1) is 0 Å². The molecule has 0 heterocycles. The van der Waals surface area contributed by atoms with Crippen molar-refractivity contribution in [3.05, 3.63) is 36.5 Å². The lowest BCUT2D eigenvalue weighted by Gasteiger charge is -2.18. The number of allylic oxidation sites excluding steroid dienone is 6. The third kappa shape index (κ3) is 56.5. The summed E-state index contributed by atoms with van der Waals surface area (Å²) in [5.41, 5.74) is 0. The van der Waals surface area contributed by atoms with E-state index in [1.54, 1.807) is 0 Å². The van der Waals surface area contributed by atoms with E-state index in [0.29, 0.717) is 19.3 Å². The SMILES string of the molecule is CC/C=C\C/C=C\C/C=C\CCCCCCCC(=O)OC(COC(=O)CCCCCCCC)COC(=O)CCCCCCCCCCCCCCCCCCCCCCCCCCCCCCCCC. The van der Waals surface area contributed by atoms with Crippen LogP contribution in [0.4, 0.5) is 0 Å². The highest BCUT2D eigenvalue weighted by atomic mass is 16.6. The molecule has 6 nitrogen and oxygen atoms in total. The van der Waals surface area contributed by atoms with Gasteiger partial charge in [-0.05, 0) is 51.4 Å². The van der Waals surface area contributed by atoms with E-state index < -0.39 is 6.10 Å². The van der Waals surface area contributed by atoms with Crippen LogP contribution in [-0.2, 0) is 28.6 Å². The van der Waals surface area contributed by atoms with Gasteiger partial charge in [0.1, 0.15) is 13.2 Å². The van der Waals surface area contributed by atoms with Gasteiger partial charge in [-0.3, -0.25) is 14.4 Å². The number of ether oxygens (including phenoxy) is 3. The Kier molecular flexibility index (Phi) is 57.2. The van der Waals surface area contributed by atoms with Gasteiger partial charge in [0.2, 0.25) is 0 Å². The molecule has 0 saturated heterocycles. The van der Waals surface area contributed by atoms with Gasteiger partial charge in [-0.1, -0.05) is 301 Å². The van der Waals surface area contributed by atoms with E-state index >= 15 is 0 Å². The predicted molar refractivity (Wildman–Crippen MR) is 302 cm³/mol. The number of carbonyl (C=O) groups excluding carboxylic acids is 3. The summed E-state index contributed by atoms with van der Waals surface area (Å²) < 4.78 is 16.8. The standard InChI is InChI=1S/C64H118O6/c1-4-7-10-13-16-18-20-22-24-25-26-27-28-29-30-31-32-33-34-35-36-37-38-39-41-42-44-46-48-51-54-57-63(66)69-60-61(59-68-62(65)56-53-50-15-12-9-6-3)70-64(67)58-55-52-49-47-45-43-40-23-21-19-17-14-11-8-5-2/h8,11,17,19,23,40,61H,4-7,9-10,12-16,18,20-22,24-39,41-60H2,1-3H3/b11-8-,19-17-,40-23-. The Morgan fingerprint density at radius 3 is 0.871 bits per heavy atom. The second-order valence-corrected chi connectivity index (χ2v) is 21.0. The quantitative estimate of drug-likeness (QED) is 0.0261. The fraction of sp³-hybridized carbons (Fsp3) is 0.859. The first-order valence-corrected chi connectivity index (χ1v) is 31.0. The number of carbonyl (C=O) groups is 3. The summed E-state index contributed by atoms with van der Waals surface area (Å²) in [5.74, 6) is -0.887. The Labute approximate surface area is 435 Å². The molecule has 0 aromatic heterocycles. The molecule has 0 bridgehead atoms. The predicted octanol–water partition coefficient (Wildman–Crippen LogP) is 20.8. The van der Waals surface area contributed by atoms with Crippen LogP contribution in [-0.4, -0.2) is 37.2 Å². The highest BCUT2D eigenvalue weighted by Gasteiger charge is 2.19. The molecule has 0 saturated carbocycles.